The highest BCUT2D eigenvalue weighted by molar-refractivity contribution is 7.59. The van der Waals surface area contributed by atoms with Crippen molar-refractivity contribution in [2.45, 2.75) is 6.18 Å². The topological polar surface area (TPSA) is 66.8 Å². The summed E-state index contributed by atoms with van der Waals surface area (Å²) in [6, 6.07) is 0. The number of carbonyl (C=O) groups excluding carboxylic acids is 1. The zero-order chi connectivity index (χ0) is 9.28. The SMILES string of the molecule is C[P+](O)(O)OC(=O)C(F)(F)F. The quantitative estimate of drug-likeness (QED) is 0.594. The molecule has 2 N–H and O–H groups in total. The van der Waals surface area contributed by atoms with E-state index < -0.39 is 20.1 Å². The minimum atomic E-state index is -5.19. The van der Waals surface area contributed by atoms with Gasteiger partial charge in [-0.15, -0.1) is 0 Å². The normalized spacial score (nSPS) is 12.9. The van der Waals surface area contributed by atoms with Crippen LogP contribution in [-0.4, -0.2) is 28.6 Å². The Labute approximate surface area is 60.2 Å². The Morgan fingerprint density at radius 1 is 1.45 bits per heavy atom. The zero-order valence-corrected chi connectivity index (χ0v) is 6.19. The van der Waals surface area contributed by atoms with Crippen molar-refractivity contribution in [2.24, 2.45) is 0 Å². The van der Waals surface area contributed by atoms with Gasteiger partial charge in [-0.1, -0.05) is 0 Å². The molecule has 4 nitrogen and oxygen atoms in total. The molecule has 0 aliphatic heterocycles. The molecule has 66 valence electrons. The molecule has 0 aromatic rings. The highest BCUT2D eigenvalue weighted by atomic mass is 31.2. The molecular formula is C3H5F3O4P+. The average Bonchev–Trinajstić information content (AvgIpc) is 1.56. The number of rotatable bonds is 1. The first-order valence-electron chi connectivity index (χ1n) is 2.25. The van der Waals surface area contributed by atoms with Crippen molar-refractivity contribution in [1.82, 2.24) is 0 Å². The van der Waals surface area contributed by atoms with E-state index in [9.17, 15) is 18.0 Å². The van der Waals surface area contributed by atoms with Crippen LogP contribution in [0.5, 0.6) is 0 Å². The molecule has 0 heterocycles. The van der Waals surface area contributed by atoms with E-state index in [4.69, 9.17) is 9.79 Å². The second-order valence-corrected chi connectivity index (χ2v) is 3.57. The van der Waals surface area contributed by atoms with Gasteiger partial charge in [0.25, 0.3) is 0 Å². The molecule has 0 aliphatic rings. The van der Waals surface area contributed by atoms with Crippen molar-refractivity contribution in [2.75, 3.05) is 6.66 Å². The van der Waals surface area contributed by atoms with Crippen molar-refractivity contribution in [3.05, 3.63) is 0 Å². The molecule has 0 saturated heterocycles. The third kappa shape index (κ3) is 4.94. The molecular weight excluding hydrogens is 188 g/mol. The Bertz CT molecular complexity index is 159. The third-order valence-electron chi connectivity index (χ3n) is 0.487. The van der Waals surface area contributed by atoms with Gasteiger partial charge in [-0.3, -0.25) is 0 Å². The lowest BCUT2D eigenvalue weighted by atomic mass is 10.7. The molecule has 0 bridgehead atoms. The lowest BCUT2D eigenvalue weighted by molar-refractivity contribution is -0.190. The monoisotopic (exact) mass is 193 g/mol. The zero-order valence-electron chi connectivity index (χ0n) is 5.29. The Balaban J connectivity index is 4.11. The molecule has 8 heteroatoms. The van der Waals surface area contributed by atoms with Crippen LogP contribution in [0.3, 0.4) is 0 Å². The summed E-state index contributed by atoms with van der Waals surface area (Å²) in [7, 11) is -4.14. The Morgan fingerprint density at radius 2 is 1.82 bits per heavy atom. The van der Waals surface area contributed by atoms with Gasteiger partial charge in [0.2, 0.25) is 0 Å². The minimum Gasteiger partial charge on any atom is -0.240 e. The highest BCUT2D eigenvalue weighted by Crippen LogP contribution is 2.47. The summed E-state index contributed by atoms with van der Waals surface area (Å²) < 4.78 is 37.2. The van der Waals surface area contributed by atoms with Gasteiger partial charge in [-0.05, 0) is 0 Å². The first-order chi connectivity index (χ1) is 4.63. The molecule has 0 spiro atoms. The van der Waals surface area contributed by atoms with Crippen LogP contribution in [0.2, 0.25) is 0 Å². The summed E-state index contributed by atoms with van der Waals surface area (Å²) in [4.78, 5) is 26.4. The van der Waals surface area contributed by atoms with Crippen LogP contribution in [-0.2, 0) is 9.32 Å². The second kappa shape index (κ2) is 2.92. The van der Waals surface area contributed by atoms with E-state index in [0.29, 0.717) is 6.66 Å². The maximum Gasteiger partial charge on any atom is 0.495 e. The molecule has 0 rings (SSSR count). The number of hydrogen-bond donors (Lipinski definition) is 2. The van der Waals surface area contributed by atoms with Crippen LogP contribution >= 0.6 is 7.94 Å². The van der Waals surface area contributed by atoms with Gasteiger partial charge in [0.1, 0.15) is 6.66 Å². The Kier molecular flexibility index (Phi) is 2.82. The fraction of sp³-hybridized carbons (Fsp3) is 0.667. The van der Waals surface area contributed by atoms with Crippen LogP contribution in [0.25, 0.3) is 0 Å². The molecule has 0 aliphatic carbocycles. The summed E-state index contributed by atoms with van der Waals surface area (Å²) in [5.74, 6) is -2.60. The van der Waals surface area contributed by atoms with Crippen LogP contribution in [0.4, 0.5) is 13.2 Å². The molecule has 0 aromatic carbocycles. The van der Waals surface area contributed by atoms with Crippen LogP contribution in [0.15, 0.2) is 0 Å². The largest absolute Gasteiger partial charge is 0.495 e. The smallest absolute Gasteiger partial charge is 0.240 e. The Morgan fingerprint density at radius 3 is 1.91 bits per heavy atom. The molecule has 0 unspecified atom stereocenters. The van der Waals surface area contributed by atoms with Gasteiger partial charge in [0.05, 0.1) is 0 Å². The van der Waals surface area contributed by atoms with E-state index in [-0.39, 0.29) is 0 Å². The summed E-state index contributed by atoms with van der Waals surface area (Å²) in [6.07, 6.45) is -5.19. The summed E-state index contributed by atoms with van der Waals surface area (Å²) in [6.45, 7) is 0.594. The van der Waals surface area contributed by atoms with E-state index in [1.165, 1.54) is 0 Å². The standard InChI is InChI=1S/C3H5F3O4P/c1-11(8,9)10-2(7)3(4,5)6/h8-9H,1H3/q+1. The number of carbonyl (C=O) groups is 1. The summed E-state index contributed by atoms with van der Waals surface area (Å²) >= 11 is 0. The van der Waals surface area contributed by atoms with Crippen molar-refractivity contribution in [3.63, 3.8) is 0 Å². The van der Waals surface area contributed by atoms with E-state index in [2.05, 4.69) is 4.52 Å². The van der Waals surface area contributed by atoms with Gasteiger partial charge in [-0.25, -0.2) is 9.32 Å². The fourth-order valence-electron chi connectivity index (χ4n) is 0.209. The van der Waals surface area contributed by atoms with Crippen molar-refractivity contribution in [3.8, 4) is 0 Å². The van der Waals surface area contributed by atoms with E-state index >= 15 is 0 Å². The molecule has 0 amide bonds. The van der Waals surface area contributed by atoms with Crippen LogP contribution in [0, 0.1) is 0 Å². The van der Waals surface area contributed by atoms with Gasteiger partial charge in [0.15, 0.2) is 0 Å². The van der Waals surface area contributed by atoms with Gasteiger partial charge in [-0.2, -0.15) is 23.0 Å². The number of halogens is 3. The molecule has 0 atom stereocenters. The van der Waals surface area contributed by atoms with Crippen molar-refractivity contribution in [1.29, 1.82) is 0 Å². The molecule has 0 saturated carbocycles. The van der Waals surface area contributed by atoms with E-state index in [1.54, 1.807) is 0 Å². The molecule has 11 heavy (non-hydrogen) atoms. The number of alkyl halides is 3. The third-order valence-corrected chi connectivity index (χ3v) is 0.999. The lowest BCUT2D eigenvalue weighted by Gasteiger charge is -2.06. The summed E-state index contributed by atoms with van der Waals surface area (Å²) in [5.41, 5.74) is 0. The van der Waals surface area contributed by atoms with E-state index in [0.717, 1.165) is 0 Å². The molecule has 0 radical (unpaired) electrons. The second-order valence-electron chi connectivity index (χ2n) is 1.71. The average molecular weight is 193 g/mol. The number of hydrogen-bond acceptors (Lipinski definition) is 4. The molecule has 0 fully saturated rings. The predicted molar refractivity (Wildman–Crippen MR) is 29.4 cm³/mol. The molecule has 0 aromatic heterocycles. The van der Waals surface area contributed by atoms with Gasteiger partial charge in [0, 0.05) is 0 Å². The van der Waals surface area contributed by atoms with Crippen LogP contribution < -0.4 is 0 Å². The van der Waals surface area contributed by atoms with E-state index in [1.807, 2.05) is 0 Å². The van der Waals surface area contributed by atoms with Gasteiger partial charge < -0.3 is 0 Å². The van der Waals surface area contributed by atoms with Crippen molar-refractivity contribution < 1.29 is 32.3 Å². The van der Waals surface area contributed by atoms with Crippen LogP contribution in [0.1, 0.15) is 0 Å². The predicted octanol–water partition coefficient (Wildman–Crippen LogP) is 0.469. The Hall–Kier alpha value is -0.390. The highest BCUT2D eigenvalue weighted by Gasteiger charge is 2.48. The summed E-state index contributed by atoms with van der Waals surface area (Å²) in [5, 5.41) is 0. The minimum absolute atomic E-state index is 0.594. The lowest BCUT2D eigenvalue weighted by Crippen LogP contribution is -2.25. The fourth-order valence-corrected chi connectivity index (χ4v) is 0.626. The maximum absolute atomic E-state index is 11.3. The van der Waals surface area contributed by atoms with Crippen molar-refractivity contribution >= 4 is 13.9 Å². The first kappa shape index (κ1) is 10.6. The first-order valence-corrected chi connectivity index (χ1v) is 4.31. The van der Waals surface area contributed by atoms with Gasteiger partial charge >= 0.3 is 20.1 Å². The maximum atomic E-state index is 11.3.